The van der Waals surface area contributed by atoms with Crippen molar-refractivity contribution in [1.29, 1.82) is 5.26 Å². The second-order valence-electron chi connectivity index (χ2n) is 7.36. The predicted octanol–water partition coefficient (Wildman–Crippen LogP) is 1.61. The van der Waals surface area contributed by atoms with Gasteiger partial charge in [-0.1, -0.05) is 6.07 Å². The fourth-order valence-corrected chi connectivity index (χ4v) is 2.92. The highest BCUT2D eigenvalue weighted by Crippen LogP contribution is 2.30. The van der Waals surface area contributed by atoms with Crippen LogP contribution in [0.3, 0.4) is 0 Å². The highest BCUT2D eigenvalue weighted by molar-refractivity contribution is 5.93. The van der Waals surface area contributed by atoms with Crippen LogP contribution >= 0.6 is 0 Å². The van der Waals surface area contributed by atoms with E-state index >= 15 is 0 Å². The van der Waals surface area contributed by atoms with Crippen LogP contribution in [-0.4, -0.2) is 58.5 Å². The number of rotatable bonds is 8. The van der Waals surface area contributed by atoms with E-state index in [-0.39, 0.29) is 30.8 Å². The molecule has 0 spiro atoms. The van der Waals surface area contributed by atoms with Gasteiger partial charge in [-0.3, -0.25) is 14.6 Å². The van der Waals surface area contributed by atoms with Crippen LogP contribution in [0.5, 0.6) is 0 Å². The molecule has 1 aliphatic rings. The Hall–Kier alpha value is -3.51. The highest BCUT2D eigenvalue weighted by atomic mass is 16.3. The van der Waals surface area contributed by atoms with E-state index in [2.05, 4.69) is 26.7 Å². The summed E-state index contributed by atoms with van der Waals surface area (Å²) in [6.45, 7) is -0.168. The van der Waals surface area contributed by atoms with Crippen LogP contribution in [0.25, 0.3) is 11.3 Å². The number of carbonyl (C=O) groups is 2. The standard InChI is InChI=1S/C21H24N6O3/c1-27(2)21(30)16(7-8-28)25-17-9-14(5-6-15(17)10-22)18-11-24-19(12-23-18)26-20(29)13-3-4-13/h5-6,9,11-13,16,25,28H,3-4,7-8H2,1-2H3,(H,24,26,29). The van der Waals surface area contributed by atoms with Crippen LogP contribution in [0.2, 0.25) is 0 Å². The number of nitrogens with zero attached hydrogens (tertiary/aromatic N) is 4. The van der Waals surface area contributed by atoms with E-state index in [4.69, 9.17) is 0 Å². The van der Waals surface area contributed by atoms with Gasteiger partial charge in [0.25, 0.3) is 0 Å². The first-order valence-corrected chi connectivity index (χ1v) is 9.69. The molecule has 0 bridgehead atoms. The Bertz CT molecular complexity index is 964. The molecule has 1 saturated carbocycles. The van der Waals surface area contributed by atoms with Crippen LogP contribution in [0, 0.1) is 17.2 Å². The maximum absolute atomic E-state index is 12.4. The van der Waals surface area contributed by atoms with Crippen LogP contribution in [0.4, 0.5) is 11.5 Å². The molecule has 1 aliphatic carbocycles. The summed E-state index contributed by atoms with van der Waals surface area (Å²) >= 11 is 0. The van der Waals surface area contributed by atoms with Gasteiger partial charge in [0.1, 0.15) is 12.1 Å². The smallest absolute Gasteiger partial charge is 0.244 e. The molecule has 1 unspecified atom stereocenters. The van der Waals surface area contributed by atoms with E-state index in [1.165, 1.54) is 11.1 Å². The molecule has 1 fully saturated rings. The molecule has 156 valence electrons. The third kappa shape index (κ3) is 5.10. The van der Waals surface area contributed by atoms with E-state index in [9.17, 15) is 20.0 Å². The van der Waals surface area contributed by atoms with Gasteiger partial charge < -0.3 is 20.6 Å². The van der Waals surface area contributed by atoms with Crippen LogP contribution in [-0.2, 0) is 9.59 Å². The van der Waals surface area contributed by atoms with Crippen molar-refractivity contribution in [1.82, 2.24) is 14.9 Å². The number of benzene rings is 1. The molecule has 0 radical (unpaired) electrons. The zero-order valence-corrected chi connectivity index (χ0v) is 16.9. The minimum atomic E-state index is -0.668. The quantitative estimate of drug-likeness (QED) is 0.605. The fraction of sp³-hybridized carbons (Fsp3) is 0.381. The average Bonchev–Trinajstić information content (AvgIpc) is 3.59. The number of likely N-dealkylation sites (N-methyl/N-ethyl adjacent to an activating group) is 1. The van der Waals surface area contributed by atoms with Gasteiger partial charge in [-0.05, 0) is 31.4 Å². The lowest BCUT2D eigenvalue weighted by Crippen LogP contribution is -2.39. The summed E-state index contributed by atoms with van der Waals surface area (Å²) in [5, 5.41) is 24.6. The Kier molecular flexibility index (Phi) is 6.59. The van der Waals surface area contributed by atoms with Gasteiger partial charge in [-0.15, -0.1) is 0 Å². The molecule has 0 aliphatic heterocycles. The Morgan fingerprint density at radius 1 is 1.30 bits per heavy atom. The molecule has 2 aromatic rings. The maximum atomic E-state index is 12.4. The van der Waals surface area contributed by atoms with Crippen LogP contribution < -0.4 is 10.6 Å². The Balaban J connectivity index is 1.82. The number of hydrogen-bond acceptors (Lipinski definition) is 7. The summed E-state index contributed by atoms with van der Waals surface area (Å²) in [7, 11) is 3.27. The van der Waals surface area contributed by atoms with Crippen molar-refractivity contribution in [2.75, 3.05) is 31.3 Å². The van der Waals surface area contributed by atoms with Crippen molar-refractivity contribution in [3.63, 3.8) is 0 Å². The van der Waals surface area contributed by atoms with E-state index in [1.54, 1.807) is 38.5 Å². The normalized spacial score (nSPS) is 13.8. The summed E-state index contributed by atoms with van der Waals surface area (Å²) in [5.41, 5.74) is 2.10. The SMILES string of the molecule is CN(C)C(=O)C(CCO)Nc1cc(-c2cnc(NC(=O)C3CC3)cn2)ccc1C#N. The van der Waals surface area contributed by atoms with Crippen molar-refractivity contribution in [3.05, 3.63) is 36.2 Å². The van der Waals surface area contributed by atoms with E-state index in [0.29, 0.717) is 28.3 Å². The first kappa shape index (κ1) is 21.2. The lowest BCUT2D eigenvalue weighted by molar-refractivity contribution is -0.129. The van der Waals surface area contributed by atoms with Gasteiger partial charge in [0.15, 0.2) is 5.82 Å². The lowest BCUT2D eigenvalue weighted by Gasteiger charge is -2.22. The van der Waals surface area contributed by atoms with Gasteiger partial charge >= 0.3 is 0 Å². The van der Waals surface area contributed by atoms with Gasteiger partial charge in [-0.25, -0.2) is 4.98 Å². The number of nitrogens with one attached hydrogen (secondary N) is 2. The monoisotopic (exact) mass is 408 g/mol. The number of aromatic nitrogens is 2. The molecule has 1 aromatic heterocycles. The van der Waals surface area contributed by atoms with Gasteiger partial charge in [0.05, 0.1) is 29.3 Å². The zero-order valence-electron chi connectivity index (χ0n) is 16.9. The summed E-state index contributed by atoms with van der Waals surface area (Å²) in [6.07, 6.45) is 5.06. The molecule has 9 nitrogen and oxygen atoms in total. The first-order chi connectivity index (χ1) is 14.4. The summed E-state index contributed by atoms with van der Waals surface area (Å²) < 4.78 is 0. The third-order valence-electron chi connectivity index (χ3n) is 4.77. The zero-order chi connectivity index (χ0) is 21.7. The Morgan fingerprint density at radius 3 is 2.63 bits per heavy atom. The van der Waals surface area contributed by atoms with Gasteiger partial charge in [0.2, 0.25) is 11.8 Å². The summed E-state index contributed by atoms with van der Waals surface area (Å²) in [6, 6.07) is 6.53. The predicted molar refractivity (Wildman–Crippen MR) is 111 cm³/mol. The fourth-order valence-electron chi connectivity index (χ4n) is 2.92. The molecular weight excluding hydrogens is 384 g/mol. The molecule has 2 amide bonds. The van der Waals surface area contributed by atoms with E-state index in [0.717, 1.165) is 12.8 Å². The molecule has 1 heterocycles. The van der Waals surface area contributed by atoms with E-state index in [1.807, 2.05) is 0 Å². The second-order valence-corrected chi connectivity index (χ2v) is 7.36. The van der Waals surface area contributed by atoms with Crippen molar-refractivity contribution < 1.29 is 14.7 Å². The number of anilines is 2. The lowest BCUT2D eigenvalue weighted by atomic mass is 10.1. The molecule has 0 saturated heterocycles. The Morgan fingerprint density at radius 2 is 2.07 bits per heavy atom. The highest BCUT2D eigenvalue weighted by Gasteiger charge is 2.29. The third-order valence-corrected chi connectivity index (χ3v) is 4.77. The number of nitriles is 1. The number of hydrogen-bond donors (Lipinski definition) is 3. The number of aliphatic hydroxyl groups excluding tert-OH is 1. The Labute approximate surface area is 174 Å². The largest absolute Gasteiger partial charge is 0.396 e. The molecular formula is C21H24N6O3. The van der Waals surface area contributed by atoms with E-state index < -0.39 is 6.04 Å². The number of amides is 2. The minimum absolute atomic E-state index is 0.0395. The van der Waals surface area contributed by atoms with Crippen LogP contribution in [0.1, 0.15) is 24.8 Å². The van der Waals surface area contributed by atoms with Crippen molar-refractivity contribution in [2.24, 2.45) is 5.92 Å². The minimum Gasteiger partial charge on any atom is -0.396 e. The molecule has 30 heavy (non-hydrogen) atoms. The summed E-state index contributed by atoms with van der Waals surface area (Å²) in [4.78, 5) is 34.3. The number of aliphatic hydroxyl groups is 1. The van der Waals surface area contributed by atoms with Gasteiger partial charge in [-0.2, -0.15) is 5.26 Å². The average molecular weight is 408 g/mol. The molecule has 1 aromatic carbocycles. The second kappa shape index (κ2) is 9.33. The van der Waals surface area contributed by atoms with Crippen molar-refractivity contribution >= 4 is 23.3 Å². The number of carbonyl (C=O) groups excluding carboxylic acids is 2. The topological polar surface area (TPSA) is 131 Å². The molecule has 1 atom stereocenters. The van der Waals surface area contributed by atoms with Gasteiger partial charge in [0, 0.05) is 32.2 Å². The molecule has 3 N–H and O–H groups in total. The summed E-state index contributed by atoms with van der Waals surface area (Å²) in [5.74, 6) is 0.230. The molecule has 9 heteroatoms. The van der Waals surface area contributed by atoms with Crippen molar-refractivity contribution in [2.45, 2.75) is 25.3 Å². The molecule has 3 rings (SSSR count). The maximum Gasteiger partial charge on any atom is 0.244 e. The first-order valence-electron chi connectivity index (χ1n) is 9.69. The van der Waals surface area contributed by atoms with Crippen molar-refractivity contribution in [3.8, 4) is 17.3 Å². The van der Waals surface area contributed by atoms with Crippen LogP contribution in [0.15, 0.2) is 30.6 Å².